The molecule has 2 nitrogen and oxygen atoms in total. The van der Waals surface area contributed by atoms with E-state index in [0.717, 1.165) is 24.7 Å². The number of hydrogen-bond donors (Lipinski definition) is 0. The van der Waals surface area contributed by atoms with E-state index in [-0.39, 0.29) is 5.82 Å². The summed E-state index contributed by atoms with van der Waals surface area (Å²) in [6, 6.07) is 52.2. The minimum Gasteiger partial charge on any atom is -0.345 e. The summed E-state index contributed by atoms with van der Waals surface area (Å²) >= 11 is 0. The van der Waals surface area contributed by atoms with Crippen molar-refractivity contribution in [3.8, 4) is 0 Å². The maximum atomic E-state index is 5.00. The van der Waals surface area contributed by atoms with Crippen molar-refractivity contribution in [1.29, 1.82) is 0 Å². The molecule has 0 saturated carbocycles. The fourth-order valence-corrected chi connectivity index (χ4v) is 11.5. The average molecular weight is 630 g/mol. The molecule has 47 heavy (non-hydrogen) atoms. The number of nitrogens with zero attached hydrogens (tertiary/aromatic N) is 2. The number of aryl methyl sites for hydroxylation is 2. The van der Waals surface area contributed by atoms with Gasteiger partial charge in [-0.3, -0.25) is 4.98 Å². The Morgan fingerprint density at radius 1 is 0.574 bits per heavy atom. The van der Waals surface area contributed by atoms with E-state index in [1.165, 1.54) is 63.5 Å². The summed E-state index contributed by atoms with van der Waals surface area (Å²) in [5.74, 6) is 0.0991. The largest absolute Gasteiger partial charge is 0.345 e. The van der Waals surface area contributed by atoms with E-state index < -0.39 is 8.07 Å². The topological polar surface area (TPSA) is 17.8 Å². The summed E-state index contributed by atoms with van der Waals surface area (Å²) in [4.78, 5) is 5.00. The molecule has 0 amide bonds. The third-order valence-electron chi connectivity index (χ3n) is 9.59. The van der Waals surface area contributed by atoms with Crippen molar-refractivity contribution in [3.63, 3.8) is 0 Å². The molecule has 0 aliphatic rings. The molecule has 0 saturated heterocycles. The van der Waals surface area contributed by atoms with Gasteiger partial charge in [0, 0.05) is 18.6 Å². The molecule has 0 spiro atoms. The van der Waals surface area contributed by atoms with Crippen LogP contribution >= 0.6 is 0 Å². The molecule has 235 valence electrons. The van der Waals surface area contributed by atoms with Crippen LogP contribution in [0.2, 0.25) is 0 Å². The van der Waals surface area contributed by atoms with Crippen LogP contribution in [0.25, 0.3) is 0 Å². The predicted molar refractivity (Wildman–Crippen MR) is 204 cm³/mol. The molecule has 0 unspecified atom stereocenters. The van der Waals surface area contributed by atoms with Crippen molar-refractivity contribution in [1.82, 2.24) is 9.55 Å². The van der Waals surface area contributed by atoms with E-state index >= 15 is 0 Å². The highest BCUT2D eigenvalue weighted by atomic mass is 28.3. The van der Waals surface area contributed by atoms with E-state index in [2.05, 4.69) is 171 Å². The smallest absolute Gasteiger partial charge is 0.215 e. The van der Waals surface area contributed by atoms with Gasteiger partial charge in [-0.2, -0.15) is 0 Å². The van der Waals surface area contributed by atoms with Crippen LogP contribution in [0.4, 0.5) is 0 Å². The molecule has 0 atom stereocenters. The average Bonchev–Trinajstić information content (AvgIpc) is 3.59. The molecule has 1 aromatic heterocycles. The Balaban J connectivity index is 1.47. The van der Waals surface area contributed by atoms with Crippen LogP contribution < -0.4 is 21.3 Å². The Kier molecular flexibility index (Phi) is 11.0. The number of imidazole rings is 1. The van der Waals surface area contributed by atoms with Crippen molar-refractivity contribution in [2.75, 3.05) is 0 Å². The quantitative estimate of drug-likeness (QED) is 0.0856. The van der Waals surface area contributed by atoms with Crippen molar-refractivity contribution in [3.05, 3.63) is 174 Å². The first-order valence-electron chi connectivity index (χ1n) is 17.4. The van der Waals surface area contributed by atoms with Gasteiger partial charge in [0.25, 0.3) is 0 Å². The molecule has 6 aromatic rings. The van der Waals surface area contributed by atoms with E-state index in [4.69, 9.17) is 4.98 Å². The molecule has 5 aromatic carbocycles. The highest BCUT2D eigenvalue weighted by Gasteiger charge is 2.40. The van der Waals surface area contributed by atoms with Gasteiger partial charge in [-0.05, 0) is 69.3 Å². The second-order valence-electron chi connectivity index (χ2n) is 12.8. The summed E-state index contributed by atoms with van der Waals surface area (Å²) in [5, 5.41) is 4.30. The maximum Gasteiger partial charge on any atom is 0.215 e. The Labute approximate surface area is 283 Å². The molecule has 4 heteroatoms. The normalized spacial score (nSPS) is 11.6. The molecule has 0 bridgehead atoms. The number of rotatable bonds is 15. The van der Waals surface area contributed by atoms with Crippen molar-refractivity contribution < 1.29 is 0 Å². The fraction of sp³-hybridized carbons (Fsp3) is 0.233. The molecular formula is C43H46BN2Si. The van der Waals surface area contributed by atoms with Gasteiger partial charge in [-0.15, -0.1) is 0 Å². The van der Waals surface area contributed by atoms with E-state index in [1.54, 1.807) is 0 Å². The summed E-state index contributed by atoms with van der Waals surface area (Å²) in [6.07, 6.45) is 12.1. The summed E-state index contributed by atoms with van der Waals surface area (Å²) < 4.78 is 2.42. The van der Waals surface area contributed by atoms with Gasteiger partial charge in [0.2, 0.25) is 7.28 Å². The third-order valence-corrected chi connectivity index (χ3v) is 14.4. The second-order valence-corrected chi connectivity index (χ2v) is 16.6. The standard InChI is InChI=1S/C43H46BN2Si/c1-3-5-16-35-24-28-40(29-25-35)47(39-22-14-9-15-23-39,41-30-26-36(27-31-41)17-6-4-2)34-46-33-32-45-43(46)44-42(37-18-10-7-11-19-37)38-20-12-8-13-21-38/h7-15,18-33,42H,3-6,16-17,34H2,1-2H3. The van der Waals surface area contributed by atoms with Gasteiger partial charge in [0.15, 0.2) is 8.07 Å². The zero-order chi connectivity index (χ0) is 32.3. The lowest BCUT2D eigenvalue weighted by Gasteiger charge is -2.35. The van der Waals surface area contributed by atoms with E-state index in [1.807, 2.05) is 6.20 Å². The Morgan fingerprint density at radius 2 is 1.02 bits per heavy atom. The summed E-state index contributed by atoms with van der Waals surface area (Å²) in [5.41, 5.74) is 6.39. The first kappa shape index (κ1) is 32.5. The fourth-order valence-electron chi connectivity index (χ4n) is 6.89. The highest BCUT2D eigenvalue weighted by Crippen LogP contribution is 2.23. The van der Waals surface area contributed by atoms with Gasteiger partial charge in [0.05, 0.1) is 5.72 Å². The maximum absolute atomic E-state index is 5.00. The highest BCUT2D eigenvalue weighted by molar-refractivity contribution is 7.10. The molecule has 1 heterocycles. The number of aromatic nitrogens is 2. The number of benzene rings is 5. The van der Waals surface area contributed by atoms with Crippen LogP contribution in [0, 0.1) is 0 Å². The van der Waals surface area contributed by atoms with E-state index in [0.29, 0.717) is 0 Å². The lowest BCUT2D eigenvalue weighted by atomic mass is 9.58. The van der Waals surface area contributed by atoms with Crippen LogP contribution in [-0.2, 0) is 19.0 Å². The zero-order valence-electron chi connectivity index (χ0n) is 27.9. The SMILES string of the molecule is CCCCc1ccc([Si](Cn2ccnc2[B]C(c2ccccc2)c2ccccc2)(c2ccccc2)c2ccc(CCCC)cc2)cc1. The van der Waals surface area contributed by atoms with E-state index in [9.17, 15) is 0 Å². The monoisotopic (exact) mass is 629 g/mol. The lowest BCUT2D eigenvalue weighted by Crippen LogP contribution is -2.70. The minimum atomic E-state index is -2.57. The Bertz CT molecular complexity index is 1690. The molecule has 6 rings (SSSR count). The van der Waals surface area contributed by atoms with Gasteiger partial charge in [0.1, 0.15) is 0 Å². The molecule has 0 aliphatic carbocycles. The van der Waals surface area contributed by atoms with Crippen LogP contribution in [0.5, 0.6) is 0 Å². The third kappa shape index (κ3) is 7.60. The molecule has 0 aliphatic heterocycles. The summed E-state index contributed by atoms with van der Waals surface area (Å²) in [7, 11) is -0.217. The van der Waals surface area contributed by atoms with Crippen molar-refractivity contribution >= 4 is 36.6 Å². The predicted octanol–water partition coefficient (Wildman–Crippen LogP) is 7.40. The van der Waals surface area contributed by atoms with Crippen LogP contribution in [0.3, 0.4) is 0 Å². The first-order valence-corrected chi connectivity index (χ1v) is 19.6. The van der Waals surface area contributed by atoms with Crippen molar-refractivity contribution in [2.45, 2.75) is 64.4 Å². The first-order chi connectivity index (χ1) is 23.2. The minimum absolute atomic E-state index is 0.0991. The molecule has 1 radical (unpaired) electrons. The number of unbranched alkanes of at least 4 members (excludes halogenated alkanes) is 2. The molecular weight excluding hydrogens is 583 g/mol. The van der Waals surface area contributed by atoms with Crippen molar-refractivity contribution in [2.24, 2.45) is 0 Å². The van der Waals surface area contributed by atoms with Gasteiger partial charge >= 0.3 is 0 Å². The van der Waals surface area contributed by atoms with Crippen LogP contribution in [0.1, 0.15) is 67.6 Å². The van der Waals surface area contributed by atoms with Crippen LogP contribution in [-0.4, -0.2) is 24.9 Å². The lowest BCUT2D eigenvalue weighted by molar-refractivity contribution is 0.795. The van der Waals surface area contributed by atoms with Gasteiger partial charge in [-0.25, -0.2) is 0 Å². The molecule has 0 fully saturated rings. The van der Waals surface area contributed by atoms with Gasteiger partial charge < -0.3 is 4.57 Å². The van der Waals surface area contributed by atoms with Crippen LogP contribution in [0.15, 0.2) is 152 Å². The van der Waals surface area contributed by atoms with Gasteiger partial charge in [-0.1, -0.05) is 166 Å². The zero-order valence-corrected chi connectivity index (χ0v) is 28.9. The molecule has 0 N–H and O–H groups in total. The number of hydrogen-bond acceptors (Lipinski definition) is 1. The Morgan fingerprint density at radius 3 is 1.49 bits per heavy atom. The Hall–Kier alpha value is -4.41. The summed E-state index contributed by atoms with van der Waals surface area (Å²) in [6.45, 7) is 4.54. The second kappa shape index (κ2) is 15.9.